The molecule has 1 aliphatic rings. The van der Waals surface area contributed by atoms with Gasteiger partial charge in [0.25, 0.3) is 6.47 Å². The van der Waals surface area contributed by atoms with Gasteiger partial charge in [0.1, 0.15) is 34.3 Å². The first-order valence-electron chi connectivity index (χ1n) is 17.9. The summed E-state index contributed by atoms with van der Waals surface area (Å²) in [6.07, 6.45) is 3.56. The number of esters is 3. The van der Waals surface area contributed by atoms with Crippen molar-refractivity contribution in [3.8, 4) is 34.5 Å². The second-order valence-corrected chi connectivity index (χ2v) is 13.7. The molecule has 0 saturated carbocycles. The molecule has 0 saturated heterocycles. The molecule has 0 atom stereocenters. The van der Waals surface area contributed by atoms with Crippen LogP contribution in [0.2, 0.25) is 0 Å². The molecule has 6 rings (SSSR count). The van der Waals surface area contributed by atoms with E-state index in [1.165, 1.54) is 25.3 Å². The number of hydrogen-bond acceptors (Lipinski definition) is 11. The van der Waals surface area contributed by atoms with Crippen molar-refractivity contribution in [2.45, 2.75) is 40.2 Å². The van der Waals surface area contributed by atoms with Gasteiger partial charge < -0.3 is 33.2 Å². The van der Waals surface area contributed by atoms with Gasteiger partial charge in [-0.1, -0.05) is 83.1 Å². The van der Waals surface area contributed by atoms with Crippen LogP contribution in [0.1, 0.15) is 72.0 Å². The maximum Gasteiger partial charge on any atom is 0.343 e. The fraction of sp³-hybridized carbons (Fsp3) is 0.244. The topological polar surface area (TPSA) is 133 Å². The minimum absolute atomic E-state index is 0.0433. The Morgan fingerprint density at radius 1 is 0.679 bits per heavy atom. The van der Waals surface area contributed by atoms with E-state index in [1.54, 1.807) is 58.4 Å². The maximum atomic E-state index is 13.9. The molecular weight excluding hydrogens is 716 g/mol. The summed E-state index contributed by atoms with van der Waals surface area (Å²) in [5.74, 6) is -0.467. The highest BCUT2D eigenvalue weighted by Crippen LogP contribution is 2.50. The number of hydrogen-bond donors (Lipinski definition) is 0. The van der Waals surface area contributed by atoms with E-state index in [4.69, 9.17) is 33.2 Å². The highest BCUT2D eigenvalue weighted by Gasteiger charge is 2.40. The van der Waals surface area contributed by atoms with Crippen LogP contribution in [-0.4, -0.2) is 45.7 Å². The number of rotatable bonds is 11. The Hall–Kier alpha value is -6.62. The first kappa shape index (κ1) is 40.6. The summed E-state index contributed by atoms with van der Waals surface area (Å²) in [5.41, 5.74) is 0.495. The highest BCUT2D eigenvalue weighted by molar-refractivity contribution is 6.10. The SMILES string of the molecule is CC(C)C.COC(=O)c1c2c(c3ccccc3c1OC(=O)c1cc(OC=O)cc(OC(=O)C(C)C)c1)OC(c1ccc(OC)cc1)(c1ccc(OC)cc1)C=C2. The van der Waals surface area contributed by atoms with Gasteiger partial charge in [-0.05, 0) is 54.5 Å². The van der Waals surface area contributed by atoms with Crippen LogP contribution in [0.5, 0.6) is 34.5 Å². The largest absolute Gasteiger partial charge is 0.497 e. The van der Waals surface area contributed by atoms with Crippen molar-refractivity contribution in [1.29, 1.82) is 0 Å². The average molecular weight is 761 g/mol. The molecule has 0 aromatic heterocycles. The number of fused-ring (bicyclic) bond motifs is 3. The lowest BCUT2D eigenvalue weighted by Crippen LogP contribution is -2.34. The van der Waals surface area contributed by atoms with Crippen molar-refractivity contribution in [2.75, 3.05) is 21.3 Å². The molecular formula is C45H44O11. The van der Waals surface area contributed by atoms with E-state index >= 15 is 0 Å². The Labute approximate surface area is 325 Å². The molecule has 0 aliphatic carbocycles. The molecule has 5 aromatic carbocycles. The Morgan fingerprint density at radius 2 is 1.23 bits per heavy atom. The van der Waals surface area contributed by atoms with Crippen LogP contribution in [0.25, 0.3) is 16.8 Å². The molecule has 1 heterocycles. The summed E-state index contributed by atoms with van der Waals surface area (Å²) in [4.78, 5) is 51.0. The molecule has 290 valence electrons. The molecule has 1 aliphatic heterocycles. The number of carbonyl (C=O) groups is 4. The third-order valence-corrected chi connectivity index (χ3v) is 8.52. The first-order chi connectivity index (χ1) is 26.8. The Bertz CT molecular complexity index is 2200. The van der Waals surface area contributed by atoms with Crippen molar-refractivity contribution in [3.63, 3.8) is 0 Å². The number of carbonyl (C=O) groups excluding carboxylic acids is 4. The van der Waals surface area contributed by atoms with Gasteiger partial charge >= 0.3 is 17.9 Å². The van der Waals surface area contributed by atoms with Crippen LogP contribution in [0.3, 0.4) is 0 Å². The zero-order chi connectivity index (χ0) is 40.6. The van der Waals surface area contributed by atoms with E-state index in [-0.39, 0.29) is 34.8 Å². The van der Waals surface area contributed by atoms with Crippen molar-refractivity contribution in [3.05, 3.63) is 125 Å². The van der Waals surface area contributed by atoms with Gasteiger partial charge in [0.2, 0.25) is 0 Å². The molecule has 0 N–H and O–H groups in total. The van der Waals surface area contributed by atoms with E-state index in [9.17, 15) is 19.2 Å². The van der Waals surface area contributed by atoms with Crippen LogP contribution >= 0.6 is 0 Å². The van der Waals surface area contributed by atoms with Crippen LogP contribution in [0.4, 0.5) is 0 Å². The third kappa shape index (κ3) is 8.68. The lowest BCUT2D eigenvalue weighted by molar-refractivity contribution is -0.137. The van der Waals surface area contributed by atoms with Crippen molar-refractivity contribution in [2.24, 2.45) is 11.8 Å². The van der Waals surface area contributed by atoms with Gasteiger partial charge in [-0.2, -0.15) is 0 Å². The van der Waals surface area contributed by atoms with E-state index in [2.05, 4.69) is 20.8 Å². The Balaban J connectivity index is 0.00000143. The van der Waals surface area contributed by atoms with Gasteiger partial charge in [0, 0.05) is 33.5 Å². The Kier molecular flexibility index (Phi) is 12.8. The molecule has 0 spiro atoms. The van der Waals surface area contributed by atoms with E-state index < -0.39 is 29.4 Å². The fourth-order valence-electron chi connectivity index (χ4n) is 5.88. The van der Waals surface area contributed by atoms with Crippen molar-refractivity contribution >= 4 is 41.2 Å². The maximum absolute atomic E-state index is 13.9. The lowest BCUT2D eigenvalue weighted by atomic mass is 9.82. The average Bonchev–Trinajstić information content (AvgIpc) is 3.20. The molecule has 0 bridgehead atoms. The summed E-state index contributed by atoms with van der Waals surface area (Å²) in [7, 11) is 4.39. The summed E-state index contributed by atoms with van der Waals surface area (Å²) in [5, 5.41) is 0.906. The van der Waals surface area contributed by atoms with E-state index in [1.807, 2.05) is 54.6 Å². The molecule has 11 nitrogen and oxygen atoms in total. The van der Waals surface area contributed by atoms with Crippen molar-refractivity contribution in [1.82, 2.24) is 0 Å². The minimum atomic E-state index is -1.18. The zero-order valence-electron chi connectivity index (χ0n) is 32.5. The smallest absolute Gasteiger partial charge is 0.343 e. The second kappa shape index (κ2) is 17.7. The Morgan fingerprint density at radius 3 is 1.75 bits per heavy atom. The molecule has 0 unspecified atom stereocenters. The van der Waals surface area contributed by atoms with Crippen LogP contribution < -0.4 is 28.4 Å². The van der Waals surface area contributed by atoms with E-state index in [0.717, 1.165) is 17.0 Å². The van der Waals surface area contributed by atoms with Gasteiger partial charge in [-0.3, -0.25) is 9.59 Å². The van der Waals surface area contributed by atoms with Gasteiger partial charge in [-0.15, -0.1) is 0 Å². The monoisotopic (exact) mass is 760 g/mol. The van der Waals surface area contributed by atoms with Gasteiger partial charge in [0.15, 0.2) is 11.4 Å². The van der Waals surface area contributed by atoms with Crippen molar-refractivity contribution < 1.29 is 52.3 Å². The van der Waals surface area contributed by atoms with Crippen LogP contribution in [0, 0.1) is 11.8 Å². The predicted molar refractivity (Wildman–Crippen MR) is 211 cm³/mol. The summed E-state index contributed by atoms with van der Waals surface area (Å²) in [6.45, 7) is 9.97. The van der Waals surface area contributed by atoms with Crippen LogP contribution in [-0.2, 0) is 19.9 Å². The molecule has 0 radical (unpaired) electrons. The number of benzene rings is 5. The highest BCUT2D eigenvalue weighted by atomic mass is 16.6. The first-order valence-corrected chi connectivity index (χ1v) is 17.9. The molecule has 11 heteroatoms. The summed E-state index contributed by atoms with van der Waals surface area (Å²) in [6, 6.07) is 25.7. The normalized spacial score (nSPS) is 12.4. The minimum Gasteiger partial charge on any atom is -0.497 e. The number of methoxy groups -OCH3 is 3. The van der Waals surface area contributed by atoms with Crippen LogP contribution in [0.15, 0.2) is 97.1 Å². The fourth-order valence-corrected chi connectivity index (χ4v) is 5.88. The molecule has 0 fully saturated rings. The summed E-state index contributed by atoms with van der Waals surface area (Å²) >= 11 is 0. The molecule has 56 heavy (non-hydrogen) atoms. The number of ether oxygens (including phenoxy) is 7. The third-order valence-electron chi connectivity index (χ3n) is 8.52. The van der Waals surface area contributed by atoms with E-state index in [0.29, 0.717) is 33.6 Å². The predicted octanol–water partition coefficient (Wildman–Crippen LogP) is 8.97. The summed E-state index contributed by atoms with van der Waals surface area (Å²) < 4.78 is 39.4. The van der Waals surface area contributed by atoms with Gasteiger partial charge in [0.05, 0.1) is 32.8 Å². The zero-order valence-corrected chi connectivity index (χ0v) is 32.5. The van der Waals surface area contributed by atoms with Gasteiger partial charge in [-0.25, -0.2) is 9.59 Å². The lowest BCUT2D eigenvalue weighted by Gasteiger charge is -2.37. The molecule has 5 aromatic rings. The molecule has 0 amide bonds. The second-order valence-electron chi connectivity index (χ2n) is 13.7. The quantitative estimate of drug-likeness (QED) is 0.0726. The standard InChI is InChI=1S/C41H34O11.C4H10/c1-24(2)38(43)50-31-21-25(20-30(22-31)49-23-42)39(44)51-37-33-9-7-6-8-32(33)36-34(35(37)40(45)48-5)18-19-41(52-36,26-10-14-28(46-3)15-11-26)27-12-16-29(47-4)17-13-27;1-4(2)3/h6-24H,1-5H3;4H,1-3H3.